The highest BCUT2D eigenvalue weighted by atomic mass is 32.1. The zero-order chi connectivity index (χ0) is 23.9. The van der Waals surface area contributed by atoms with E-state index in [0.29, 0.717) is 17.6 Å². The van der Waals surface area contributed by atoms with Crippen LogP contribution >= 0.6 is 11.3 Å². The normalized spacial score (nSPS) is 11.9. The Labute approximate surface area is 199 Å². The molecule has 10 heteroatoms. The number of carbonyl (C=O) groups is 2. The number of hydrogen-bond acceptors (Lipinski definition) is 6. The topological polar surface area (TPSA) is 89.4 Å². The van der Waals surface area contributed by atoms with Crippen LogP contribution in [0.5, 0.6) is 0 Å². The van der Waals surface area contributed by atoms with E-state index in [0.717, 1.165) is 4.88 Å². The molecule has 1 atom stereocenters. The van der Waals surface area contributed by atoms with Gasteiger partial charge in [0.25, 0.3) is 0 Å². The van der Waals surface area contributed by atoms with Crippen molar-refractivity contribution < 1.29 is 18.7 Å². The molecule has 0 saturated carbocycles. The Morgan fingerprint density at radius 3 is 2.71 bits per heavy atom. The summed E-state index contributed by atoms with van der Waals surface area (Å²) in [6.07, 6.45) is 0. The minimum atomic E-state index is -1.18. The number of nitrogens with zero attached hydrogens (tertiary/aromatic N) is 4. The van der Waals surface area contributed by atoms with Gasteiger partial charge in [-0.15, -0.1) is 16.4 Å². The molecule has 0 spiro atoms. The SMILES string of the molecule is COCCNC(=O)[C@@H](c1ccccc1F)N(Cc1cccs1)C(=O)Cn1nnc2ccccc21. The van der Waals surface area contributed by atoms with Crippen LogP contribution in [0.2, 0.25) is 0 Å². The molecule has 176 valence electrons. The Bertz CT molecular complexity index is 1260. The number of thiophene rings is 1. The van der Waals surface area contributed by atoms with Gasteiger partial charge in [-0.3, -0.25) is 9.59 Å². The summed E-state index contributed by atoms with van der Waals surface area (Å²) >= 11 is 1.46. The molecule has 4 aromatic rings. The number of aromatic nitrogens is 3. The van der Waals surface area contributed by atoms with Crippen LogP contribution in [-0.2, 0) is 27.4 Å². The first kappa shape index (κ1) is 23.5. The zero-order valence-electron chi connectivity index (χ0n) is 18.6. The molecule has 2 aromatic carbocycles. The fourth-order valence-electron chi connectivity index (χ4n) is 3.67. The quantitative estimate of drug-likeness (QED) is 0.352. The van der Waals surface area contributed by atoms with Gasteiger partial charge in [-0.05, 0) is 29.6 Å². The van der Waals surface area contributed by atoms with Gasteiger partial charge in [-0.2, -0.15) is 0 Å². The lowest BCUT2D eigenvalue weighted by molar-refractivity contribution is -0.142. The van der Waals surface area contributed by atoms with Crippen molar-refractivity contribution in [1.82, 2.24) is 25.2 Å². The number of nitrogens with one attached hydrogen (secondary N) is 1. The van der Waals surface area contributed by atoms with Gasteiger partial charge >= 0.3 is 0 Å². The maximum Gasteiger partial charge on any atom is 0.247 e. The van der Waals surface area contributed by atoms with Gasteiger partial charge < -0.3 is 15.0 Å². The highest BCUT2D eigenvalue weighted by Crippen LogP contribution is 2.27. The molecule has 0 radical (unpaired) electrons. The molecule has 0 fully saturated rings. The number of rotatable bonds is 10. The number of hydrogen-bond donors (Lipinski definition) is 1. The Morgan fingerprint density at radius 1 is 1.15 bits per heavy atom. The predicted octanol–water partition coefficient (Wildman–Crippen LogP) is 3.16. The van der Waals surface area contributed by atoms with Crippen molar-refractivity contribution in [3.8, 4) is 0 Å². The zero-order valence-corrected chi connectivity index (χ0v) is 19.4. The average molecular weight is 482 g/mol. The Hall–Kier alpha value is -3.63. The number of carbonyl (C=O) groups excluding carboxylic acids is 2. The standard InChI is InChI=1S/C24H24FN5O3S/c1-33-13-12-26-24(32)23(18-8-2-3-9-19(18)25)29(15-17-7-6-14-34-17)22(31)16-30-21-11-5-4-10-20(21)27-28-30/h2-11,14,23H,12-13,15-16H2,1H3,(H,26,32)/t23-/m1/s1. The number of methoxy groups -OCH3 is 1. The Balaban J connectivity index is 1.71. The molecule has 0 aliphatic carbocycles. The van der Waals surface area contributed by atoms with Crippen LogP contribution in [0.15, 0.2) is 66.0 Å². The van der Waals surface area contributed by atoms with E-state index < -0.39 is 17.8 Å². The number of fused-ring (bicyclic) bond motifs is 1. The monoisotopic (exact) mass is 481 g/mol. The average Bonchev–Trinajstić information content (AvgIpc) is 3.50. The summed E-state index contributed by atoms with van der Waals surface area (Å²) in [5.41, 5.74) is 1.47. The molecule has 0 aliphatic heterocycles. The lowest BCUT2D eigenvalue weighted by atomic mass is 10.0. The summed E-state index contributed by atoms with van der Waals surface area (Å²) in [6, 6.07) is 15.9. The van der Waals surface area contributed by atoms with Crippen LogP contribution in [0.4, 0.5) is 4.39 Å². The van der Waals surface area contributed by atoms with Gasteiger partial charge in [-0.25, -0.2) is 9.07 Å². The smallest absolute Gasteiger partial charge is 0.247 e. The van der Waals surface area contributed by atoms with Gasteiger partial charge in [0.2, 0.25) is 11.8 Å². The summed E-state index contributed by atoms with van der Waals surface area (Å²) < 4.78 is 21.4. The molecule has 0 aliphatic rings. The first-order valence-electron chi connectivity index (χ1n) is 10.7. The van der Waals surface area contributed by atoms with Gasteiger partial charge in [0.15, 0.2) is 0 Å². The third-order valence-corrected chi connectivity index (χ3v) is 6.16. The van der Waals surface area contributed by atoms with E-state index in [1.807, 2.05) is 35.7 Å². The van der Waals surface area contributed by atoms with Crippen LogP contribution in [0.3, 0.4) is 0 Å². The largest absolute Gasteiger partial charge is 0.383 e. The van der Waals surface area contributed by atoms with Crippen LogP contribution < -0.4 is 5.32 Å². The lowest BCUT2D eigenvalue weighted by Gasteiger charge is -2.31. The highest BCUT2D eigenvalue weighted by Gasteiger charge is 2.34. The first-order chi connectivity index (χ1) is 16.6. The van der Waals surface area contributed by atoms with Gasteiger partial charge in [0.05, 0.1) is 18.7 Å². The summed E-state index contributed by atoms with van der Waals surface area (Å²) in [6.45, 7) is 0.511. The molecule has 2 amide bonds. The summed E-state index contributed by atoms with van der Waals surface area (Å²) in [4.78, 5) is 29.2. The molecule has 0 saturated heterocycles. The lowest BCUT2D eigenvalue weighted by Crippen LogP contribution is -2.45. The maximum absolute atomic E-state index is 14.9. The van der Waals surface area contributed by atoms with E-state index in [4.69, 9.17) is 4.74 Å². The van der Waals surface area contributed by atoms with Crippen molar-refractivity contribution in [1.29, 1.82) is 0 Å². The fourth-order valence-corrected chi connectivity index (χ4v) is 4.37. The summed E-state index contributed by atoms with van der Waals surface area (Å²) in [5, 5.41) is 12.8. The number of amides is 2. The molecular weight excluding hydrogens is 457 g/mol. The summed E-state index contributed by atoms with van der Waals surface area (Å²) in [5.74, 6) is -1.45. The minimum Gasteiger partial charge on any atom is -0.383 e. The molecule has 1 N–H and O–H groups in total. The van der Waals surface area contributed by atoms with Crippen molar-refractivity contribution >= 4 is 34.2 Å². The van der Waals surface area contributed by atoms with Gasteiger partial charge in [0, 0.05) is 24.1 Å². The molecule has 0 unspecified atom stereocenters. The van der Waals surface area contributed by atoms with Crippen LogP contribution in [0, 0.1) is 5.82 Å². The maximum atomic E-state index is 14.9. The molecular formula is C24H24FN5O3S. The van der Waals surface area contributed by atoms with E-state index >= 15 is 0 Å². The second-order valence-corrected chi connectivity index (χ2v) is 8.58. The minimum absolute atomic E-state index is 0.116. The van der Waals surface area contributed by atoms with Crippen molar-refractivity contribution in [2.75, 3.05) is 20.3 Å². The number of halogens is 1. The van der Waals surface area contributed by atoms with Crippen LogP contribution in [0.25, 0.3) is 11.0 Å². The second-order valence-electron chi connectivity index (χ2n) is 7.54. The molecule has 2 heterocycles. The van der Waals surface area contributed by atoms with Crippen molar-refractivity contribution in [2.24, 2.45) is 0 Å². The Kier molecular flexibility index (Phi) is 7.61. The molecule has 8 nitrogen and oxygen atoms in total. The number of ether oxygens (including phenoxy) is 1. The number of para-hydroxylation sites is 1. The second kappa shape index (κ2) is 11.0. The van der Waals surface area contributed by atoms with E-state index in [1.54, 1.807) is 18.2 Å². The molecule has 0 bridgehead atoms. The third-order valence-electron chi connectivity index (χ3n) is 5.30. The van der Waals surface area contributed by atoms with Crippen LogP contribution in [-0.4, -0.2) is 52.0 Å². The highest BCUT2D eigenvalue weighted by molar-refractivity contribution is 7.09. The third kappa shape index (κ3) is 5.29. The molecule has 2 aromatic heterocycles. The van der Waals surface area contributed by atoms with Gasteiger partial charge in [0.1, 0.15) is 23.9 Å². The van der Waals surface area contributed by atoms with Crippen molar-refractivity contribution in [3.63, 3.8) is 0 Å². The Morgan fingerprint density at radius 2 is 1.94 bits per heavy atom. The van der Waals surface area contributed by atoms with Crippen molar-refractivity contribution in [2.45, 2.75) is 19.1 Å². The van der Waals surface area contributed by atoms with E-state index in [9.17, 15) is 14.0 Å². The van der Waals surface area contributed by atoms with Crippen LogP contribution in [0.1, 0.15) is 16.5 Å². The molecule has 34 heavy (non-hydrogen) atoms. The van der Waals surface area contributed by atoms with Gasteiger partial charge in [-0.1, -0.05) is 41.6 Å². The summed E-state index contributed by atoms with van der Waals surface area (Å²) in [7, 11) is 1.52. The predicted molar refractivity (Wildman–Crippen MR) is 126 cm³/mol. The van der Waals surface area contributed by atoms with Crippen molar-refractivity contribution in [3.05, 3.63) is 82.3 Å². The number of benzene rings is 2. The fraction of sp³-hybridized carbons (Fsp3) is 0.250. The first-order valence-corrected chi connectivity index (χ1v) is 11.6. The molecule has 4 rings (SSSR count). The van der Waals surface area contributed by atoms with E-state index in [1.165, 1.54) is 40.2 Å². The van der Waals surface area contributed by atoms with E-state index in [-0.39, 0.29) is 31.1 Å². The van der Waals surface area contributed by atoms with E-state index in [2.05, 4.69) is 15.6 Å².